The van der Waals surface area contributed by atoms with Crippen LogP contribution in [0.3, 0.4) is 0 Å². The van der Waals surface area contributed by atoms with Crippen LogP contribution in [0.1, 0.15) is 26.7 Å². The Labute approximate surface area is 110 Å². The molecule has 1 unspecified atom stereocenters. The molecular formula is C12H25NO4S. The van der Waals surface area contributed by atoms with Crippen LogP contribution in [0.4, 0.5) is 0 Å². The molecule has 6 heteroatoms. The SMILES string of the molecule is CC(C)C(COCC1CCOCC1)CS(N)(=O)=O. The zero-order valence-electron chi connectivity index (χ0n) is 11.3. The van der Waals surface area contributed by atoms with Crippen molar-refractivity contribution in [2.45, 2.75) is 26.7 Å². The molecule has 0 amide bonds. The lowest BCUT2D eigenvalue weighted by molar-refractivity contribution is 0.00922. The van der Waals surface area contributed by atoms with Crippen LogP contribution in [-0.2, 0) is 19.5 Å². The summed E-state index contributed by atoms with van der Waals surface area (Å²) in [5.74, 6) is 0.761. The van der Waals surface area contributed by atoms with Gasteiger partial charge in [-0.25, -0.2) is 13.6 Å². The van der Waals surface area contributed by atoms with Crippen molar-refractivity contribution in [2.75, 3.05) is 32.2 Å². The number of primary sulfonamides is 1. The molecule has 0 spiro atoms. The summed E-state index contributed by atoms with van der Waals surface area (Å²) in [4.78, 5) is 0. The Bertz CT molecular complexity index is 323. The molecule has 5 nitrogen and oxygen atoms in total. The van der Waals surface area contributed by atoms with E-state index >= 15 is 0 Å². The average Bonchev–Trinajstić information content (AvgIpc) is 2.27. The van der Waals surface area contributed by atoms with Crippen LogP contribution in [0.2, 0.25) is 0 Å². The molecular weight excluding hydrogens is 254 g/mol. The highest BCUT2D eigenvalue weighted by Crippen LogP contribution is 2.17. The third kappa shape index (κ3) is 6.68. The quantitative estimate of drug-likeness (QED) is 0.754. The largest absolute Gasteiger partial charge is 0.381 e. The number of ether oxygens (including phenoxy) is 2. The predicted octanol–water partition coefficient (Wildman–Crippen LogP) is 0.990. The minimum atomic E-state index is -3.42. The van der Waals surface area contributed by atoms with Crippen molar-refractivity contribution < 1.29 is 17.9 Å². The number of hydrogen-bond donors (Lipinski definition) is 1. The second kappa shape index (κ2) is 7.43. The van der Waals surface area contributed by atoms with Crippen molar-refractivity contribution in [3.8, 4) is 0 Å². The normalized spacial score (nSPS) is 20.2. The molecule has 18 heavy (non-hydrogen) atoms. The molecule has 108 valence electrons. The maximum atomic E-state index is 11.1. The van der Waals surface area contributed by atoms with E-state index in [0.29, 0.717) is 19.1 Å². The number of rotatable bonds is 7. The summed E-state index contributed by atoms with van der Waals surface area (Å²) in [6, 6.07) is 0. The smallest absolute Gasteiger partial charge is 0.209 e. The Hall–Kier alpha value is -0.170. The Morgan fingerprint density at radius 3 is 2.44 bits per heavy atom. The summed E-state index contributed by atoms with van der Waals surface area (Å²) in [5, 5.41) is 5.09. The van der Waals surface area contributed by atoms with Gasteiger partial charge in [0.15, 0.2) is 0 Å². The summed E-state index contributed by atoms with van der Waals surface area (Å²) in [7, 11) is -3.42. The van der Waals surface area contributed by atoms with E-state index in [1.54, 1.807) is 0 Å². The van der Waals surface area contributed by atoms with Crippen molar-refractivity contribution in [1.82, 2.24) is 0 Å². The first-order valence-electron chi connectivity index (χ1n) is 6.54. The Morgan fingerprint density at radius 2 is 1.94 bits per heavy atom. The monoisotopic (exact) mass is 279 g/mol. The predicted molar refractivity (Wildman–Crippen MR) is 70.7 cm³/mol. The number of nitrogens with two attached hydrogens (primary N) is 1. The summed E-state index contributed by atoms with van der Waals surface area (Å²) in [5.41, 5.74) is 0. The van der Waals surface area contributed by atoms with Crippen LogP contribution in [0, 0.1) is 17.8 Å². The lowest BCUT2D eigenvalue weighted by Crippen LogP contribution is -2.30. The fourth-order valence-corrected chi connectivity index (χ4v) is 3.11. The Morgan fingerprint density at radius 1 is 1.33 bits per heavy atom. The van der Waals surface area contributed by atoms with Gasteiger partial charge < -0.3 is 9.47 Å². The van der Waals surface area contributed by atoms with E-state index in [0.717, 1.165) is 26.1 Å². The number of sulfonamides is 1. The van der Waals surface area contributed by atoms with Crippen LogP contribution in [-0.4, -0.2) is 40.6 Å². The second-order valence-electron chi connectivity index (χ2n) is 5.43. The van der Waals surface area contributed by atoms with Crippen molar-refractivity contribution >= 4 is 10.0 Å². The number of hydrogen-bond acceptors (Lipinski definition) is 4. The molecule has 1 saturated heterocycles. The molecule has 0 aromatic carbocycles. The van der Waals surface area contributed by atoms with Crippen LogP contribution < -0.4 is 5.14 Å². The molecule has 2 N–H and O–H groups in total. The maximum absolute atomic E-state index is 11.1. The zero-order valence-corrected chi connectivity index (χ0v) is 12.1. The van der Waals surface area contributed by atoms with E-state index in [1.165, 1.54) is 0 Å². The molecule has 1 aliphatic heterocycles. The van der Waals surface area contributed by atoms with E-state index < -0.39 is 10.0 Å². The summed E-state index contributed by atoms with van der Waals surface area (Å²) < 4.78 is 33.2. The first-order valence-corrected chi connectivity index (χ1v) is 8.26. The van der Waals surface area contributed by atoms with E-state index in [-0.39, 0.29) is 17.6 Å². The lowest BCUT2D eigenvalue weighted by Gasteiger charge is -2.24. The highest BCUT2D eigenvalue weighted by Gasteiger charge is 2.21. The molecule has 0 aromatic rings. The standard InChI is InChI=1S/C12H25NO4S/c1-10(2)12(9-18(13,14)15)8-17-7-11-3-5-16-6-4-11/h10-12H,3-9H2,1-2H3,(H2,13,14,15). The molecule has 0 bridgehead atoms. The topological polar surface area (TPSA) is 78.6 Å². The fourth-order valence-electron chi connectivity index (χ4n) is 2.03. The van der Waals surface area contributed by atoms with Gasteiger partial charge in [-0.2, -0.15) is 0 Å². The summed E-state index contributed by atoms with van der Waals surface area (Å²) >= 11 is 0. The van der Waals surface area contributed by atoms with Gasteiger partial charge in [0.2, 0.25) is 10.0 Å². The van der Waals surface area contributed by atoms with E-state index in [1.807, 2.05) is 13.8 Å². The Balaban J connectivity index is 2.28. The first kappa shape index (κ1) is 15.9. The van der Waals surface area contributed by atoms with Gasteiger partial charge in [-0.15, -0.1) is 0 Å². The van der Waals surface area contributed by atoms with Gasteiger partial charge in [-0.05, 0) is 30.6 Å². The highest BCUT2D eigenvalue weighted by atomic mass is 32.2. The second-order valence-corrected chi connectivity index (χ2v) is 7.09. The van der Waals surface area contributed by atoms with Gasteiger partial charge in [-0.1, -0.05) is 13.8 Å². The molecule has 0 aliphatic carbocycles. The lowest BCUT2D eigenvalue weighted by atomic mass is 9.98. The van der Waals surface area contributed by atoms with Crippen molar-refractivity contribution in [2.24, 2.45) is 22.9 Å². The summed E-state index contributed by atoms with van der Waals surface area (Å²) in [6.07, 6.45) is 2.06. The average molecular weight is 279 g/mol. The fraction of sp³-hybridized carbons (Fsp3) is 1.00. The van der Waals surface area contributed by atoms with Crippen LogP contribution in [0.5, 0.6) is 0 Å². The third-order valence-corrected chi connectivity index (χ3v) is 4.31. The van der Waals surface area contributed by atoms with Gasteiger partial charge >= 0.3 is 0 Å². The molecule has 0 saturated carbocycles. The van der Waals surface area contributed by atoms with Crippen molar-refractivity contribution in [3.05, 3.63) is 0 Å². The van der Waals surface area contributed by atoms with Crippen LogP contribution in [0.25, 0.3) is 0 Å². The molecule has 0 aromatic heterocycles. The van der Waals surface area contributed by atoms with Gasteiger partial charge in [0.25, 0.3) is 0 Å². The van der Waals surface area contributed by atoms with Gasteiger partial charge in [0.05, 0.1) is 12.4 Å². The van der Waals surface area contributed by atoms with Crippen molar-refractivity contribution in [1.29, 1.82) is 0 Å². The highest BCUT2D eigenvalue weighted by molar-refractivity contribution is 7.89. The molecule has 1 fully saturated rings. The maximum Gasteiger partial charge on any atom is 0.209 e. The molecule has 1 rings (SSSR count). The minimum Gasteiger partial charge on any atom is -0.381 e. The van der Waals surface area contributed by atoms with Crippen LogP contribution in [0.15, 0.2) is 0 Å². The van der Waals surface area contributed by atoms with E-state index in [4.69, 9.17) is 14.6 Å². The minimum absolute atomic E-state index is 0.00154. The van der Waals surface area contributed by atoms with Gasteiger partial charge in [-0.3, -0.25) is 0 Å². The molecule has 1 aliphatic rings. The van der Waals surface area contributed by atoms with Gasteiger partial charge in [0, 0.05) is 19.8 Å². The first-order chi connectivity index (χ1) is 8.38. The third-order valence-electron chi connectivity index (χ3n) is 3.42. The van der Waals surface area contributed by atoms with E-state index in [9.17, 15) is 8.42 Å². The van der Waals surface area contributed by atoms with Gasteiger partial charge in [0.1, 0.15) is 0 Å². The Kier molecular flexibility index (Phi) is 6.55. The van der Waals surface area contributed by atoms with Crippen molar-refractivity contribution in [3.63, 3.8) is 0 Å². The zero-order chi connectivity index (χ0) is 13.6. The van der Waals surface area contributed by atoms with Crippen LogP contribution >= 0.6 is 0 Å². The summed E-state index contributed by atoms with van der Waals surface area (Å²) in [6.45, 7) is 6.75. The molecule has 1 heterocycles. The van der Waals surface area contributed by atoms with E-state index in [2.05, 4.69) is 0 Å². The molecule has 0 radical (unpaired) electrons. The molecule has 1 atom stereocenters.